The maximum absolute atomic E-state index is 13.2. The van der Waals surface area contributed by atoms with Crippen LogP contribution in [-0.4, -0.2) is 28.7 Å². The van der Waals surface area contributed by atoms with Crippen molar-refractivity contribution >= 4 is 26.3 Å². The maximum atomic E-state index is 13.2. The fraction of sp³-hybridized carbons (Fsp3) is 0.294. The molecule has 1 aliphatic heterocycles. The molecule has 3 heterocycles. The SMILES string of the molecule is Cc1nc2scc(C)n2c(=O)c1S(=O)(=O)N1CCc2ccccc2C1. The zero-order chi connectivity index (χ0) is 17.8. The Morgan fingerprint density at radius 3 is 2.64 bits per heavy atom. The van der Waals surface area contributed by atoms with Crippen molar-refractivity contribution in [1.29, 1.82) is 0 Å². The van der Waals surface area contributed by atoms with Gasteiger partial charge in [-0.15, -0.1) is 11.3 Å². The molecule has 1 aliphatic rings. The second-order valence-corrected chi connectivity index (χ2v) is 8.90. The first kappa shape index (κ1) is 16.4. The van der Waals surface area contributed by atoms with E-state index in [0.717, 1.165) is 11.1 Å². The number of fused-ring (bicyclic) bond motifs is 2. The summed E-state index contributed by atoms with van der Waals surface area (Å²) >= 11 is 1.33. The summed E-state index contributed by atoms with van der Waals surface area (Å²) < 4.78 is 29.1. The van der Waals surface area contributed by atoms with Crippen LogP contribution in [0, 0.1) is 13.8 Å². The number of nitrogens with zero attached hydrogens (tertiary/aromatic N) is 3. The fourth-order valence-electron chi connectivity index (χ4n) is 3.27. The quantitative estimate of drug-likeness (QED) is 0.688. The van der Waals surface area contributed by atoms with Crippen LogP contribution in [0.2, 0.25) is 0 Å². The summed E-state index contributed by atoms with van der Waals surface area (Å²) in [5.41, 5.74) is 2.57. The summed E-state index contributed by atoms with van der Waals surface area (Å²) in [7, 11) is -3.91. The molecule has 0 radical (unpaired) electrons. The highest BCUT2D eigenvalue weighted by molar-refractivity contribution is 7.89. The molecule has 25 heavy (non-hydrogen) atoms. The minimum absolute atomic E-state index is 0.217. The van der Waals surface area contributed by atoms with Gasteiger partial charge in [-0.1, -0.05) is 24.3 Å². The van der Waals surface area contributed by atoms with E-state index < -0.39 is 15.6 Å². The van der Waals surface area contributed by atoms with E-state index in [1.807, 2.05) is 24.3 Å². The van der Waals surface area contributed by atoms with Crippen LogP contribution in [0.5, 0.6) is 0 Å². The largest absolute Gasteiger partial charge is 0.279 e. The van der Waals surface area contributed by atoms with Crippen LogP contribution >= 0.6 is 11.3 Å². The van der Waals surface area contributed by atoms with E-state index in [-0.39, 0.29) is 17.1 Å². The second-order valence-electron chi connectivity index (χ2n) is 6.18. The molecule has 6 nitrogen and oxygen atoms in total. The van der Waals surface area contributed by atoms with Crippen molar-refractivity contribution in [3.63, 3.8) is 0 Å². The molecule has 0 atom stereocenters. The van der Waals surface area contributed by atoms with E-state index in [9.17, 15) is 13.2 Å². The molecular formula is C17H17N3O3S2. The van der Waals surface area contributed by atoms with Gasteiger partial charge in [0.15, 0.2) is 9.86 Å². The molecular weight excluding hydrogens is 358 g/mol. The van der Waals surface area contributed by atoms with Gasteiger partial charge >= 0.3 is 0 Å². The summed E-state index contributed by atoms with van der Waals surface area (Å²) in [6.07, 6.45) is 0.642. The zero-order valence-corrected chi connectivity index (χ0v) is 15.5. The molecule has 0 bridgehead atoms. The Hall–Kier alpha value is -2.03. The molecule has 130 valence electrons. The van der Waals surface area contributed by atoms with Crippen LogP contribution in [0.1, 0.15) is 22.5 Å². The van der Waals surface area contributed by atoms with Crippen LogP contribution < -0.4 is 5.56 Å². The van der Waals surface area contributed by atoms with E-state index in [1.165, 1.54) is 20.0 Å². The number of thiazole rings is 1. The lowest BCUT2D eigenvalue weighted by Crippen LogP contribution is -2.39. The predicted octanol–water partition coefficient (Wildman–Crippen LogP) is 2.12. The number of hydrogen-bond acceptors (Lipinski definition) is 5. The Kier molecular flexibility index (Phi) is 3.78. The molecule has 0 spiro atoms. The minimum atomic E-state index is -3.91. The monoisotopic (exact) mass is 375 g/mol. The molecule has 0 saturated carbocycles. The highest BCUT2D eigenvalue weighted by atomic mass is 32.2. The van der Waals surface area contributed by atoms with Gasteiger partial charge in [0.05, 0.1) is 5.69 Å². The molecule has 0 saturated heterocycles. The van der Waals surface area contributed by atoms with Crippen LogP contribution in [0.3, 0.4) is 0 Å². The molecule has 0 N–H and O–H groups in total. The first-order valence-corrected chi connectivity index (χ1v) is 10.3. The number of hydrogen-bond donors (Lipinski definition) is 0. The molecule has 3 aromatic rings. The first-order chi connectivity index (χ1) is 11.9. The van der Waals surface area contributed by atoms with E-state index in [2.05, 4.69) is 4.98 Å². The van der Waals surface area contributed by atoms with Crippen molar-refractivity contribution in [2.75, 3.05) is 6.54 Å². The minimum Gasteiger partial charge on any atom is -0.267 e. The molecule has 8 heteroatoms. The summed E-state index contributed by atoms with van der Waals surface area (Å²) in [6.45, 7) is 4.00. The van der Waals surface area contributed by atoms with Gasteiger partial charge in [-0.3, -0.25) is 9.20 Å². The molecule has 4 rings (SSSR count). The molecule has 0 amide bonds. The van der Waals surface area contributed by atoms with E-state index in [0.29, 0.717) is 23.6 Å². The highest BCUT2D eigenvalue weighted by Crippen LogP contribution is 2.25. The van der Waals surface area contributed by atoms with Gasteiger partial charge in [-0.2, -0.15) is 4.31 Å². The second kappa shape index (κ2) is 5.76. The smallest absolute Gasteiger partial charge is 0.267 e. The third-order valence-corrected chi connectivity index (χ3v) is 7.48. The highest BCUT2D eigenvalue weighted by Gasteiger charge is 2.33. The Balaban J connectivity index is 1.86. The van der Waals surface area contributed by atoms with Crippen molar-refractivity contribution < 1.29 is 8.42 Å². The number of aromatic nitrogens is 2. The van der Waals surface area contributed by atoms with Crippen molar-refractivity contribution in [3.05, 3.63) is 62.5 Å². The van der Waals surface area contributed by atoms with Gasteiger partial charge in [-0.25, -0.2) is 13.4 Å². The number of rotatable bonds is 2. The van der Waals surface area contributed by atoms with Gasteiger partial charge in [0, 0.05) is 24.2 Å². The van der Waals surface area contributed by atoms with Gasteiger partial charge in [0.2, 0.25) is 0 Å². The molecule has 2 aromatic heterocycles. The Morgan fingerprint density at radius 2 is 1.88 bits per heavy atom. The fourth-order valence-corrected chi connectivity index (χ4v) is 5.80. The zero-order valence-electron chi connectivity index (χ0n) is 13.9. The third kappa shape index (κ3) is 2.52. The Labute approximate surface area is 149 Å². The summed E-state index contributed by atoms with van der Waals surface area (Å²) in [6, 6.07) is 7.80. The van der Waals surface area contributed by atoms with E-state index in [4.69, 9.17) is 0 Å². The first-order valence-electron chi connectivity index (χ1n) is 7.94. The number of benzene rings is 1. The molecule has 0 aliphatic carbocycles. The topological polar surface area (TPSA) is 71.8 Å². The van der Waals surface area contributed by atoms with Gasteiger partial charge in [0.1, 0.15) is 0 Å². The van der Waals surface area contributed by atoms with Gasteiger partial charge in [0.25, 0.3) is 15.6 Å². The lowest BCUT2D eigenvalue weighted by atomic mass is 10.0. The van der Waals surface area contributed by atoms with E-state index in [1.54, 1.807) is 19.2 Å². The average Bonchev–Trinajstić information content (AvgIpc) is 2.95. The van der Waals surface area contributed by atoms with Gasteiger partial charge in [-0.05, 0) is 31.4 Å². The lowest BCUT2D eigenvalue weighted by Gasteiger charge is -2.28. The van der Waals surface area contributed by atoms with Gasteiger partial charge < -0.3 is 0 Å². The number of sulfonamides is 1. The predicted molar refractivity (Wildman–Crippen MR) is 96.6 cm³/mol. The summed E-state index contributed by atoms with van der Waals surface area (Å²) in [4.78, 5) is 17.5. The Morgan fingerprint density at radius 1 is 1.16 bits per heavy atom. The lowest BCUT2D eigenvalue weighted by molar-refractivity contribution is 0.390. The molecule has 0 fully saturated rings. The molecule has 0 unspecified atom stereocenters. The molecule has 1 aromatic carbocycles. The van der Waals surface area contributed by atoms with E-state index >= 15 is 0 Å². The van der Waals surface area contributed by atoms with Crippen LogP contribution in [0.25, 0.3) is 4.96 Å². The van der Waals surface area contributed by atoms with Crippen LogP contribution in [0.15, 0.2) is 39.3 Å². The van der Waals surface area contributed by atoms with Crippen molar-refractivity contribution in [2.24, 2.45) is 0 Å². The van der Waals surface area contributed by atoms with Crippen molar-refractivity contribution in [2.45, 2.75) is 31.7 Å². The normalized spacial score (nSPS) is 15.4. The van der Waals surface area contributed by atoms with Crippen molar-refractivity contribution in [1.82, 2.24) is 13.7 Å². The summed E-state index contributed by atoms with van der Waals surface area (Å²) in [5, 5.41) is 1.80. The Bertz CT molecular complexity index is 1150. The maximum Gasteiger partial charge on any atom is 0.279 e. The van der Waals surface area contributed by atoms with Crippen molar-refractivity contribution in [3.8, 4) is 0 Å². The standard InChI is InChI=1S/C17H17N3O3S2/c1-11-10-24-17-18-12(2)15(16(21)20(11)17)25(22,23)19-8-7-13-5-3-4-6-14(13)9-19/h3-6,10H,7-9H2,1-2H3. The van der Waals surface area contributed by atoms with Crippen LogP contribution in [0.4, 0.5) is 0 Å². The third-order valence-electron chi connectivity index (χ3n) is 4.56. The van der Waals surface area contributed by atoms with Crippen LogP contribution in [-0.2, 0) is 23.0 Å². The average molecular weight is 375 g/mol. The summed E-state index contributed by atoms with van der Waals surface area (Å²) in [5.74, 6) is 0. The number of aryl methyl sites for hydroxylation is 2.